The van der Waals surface area contributed by atoms with Crippen LogP contribution >= 0.6 is 0 Å². The van der Waals surface area contributed by atoms with Crippen LogP contribution < -0.4 is 15.0 Å². The van der Waals surface area contributed by atoms with E-state index in [9.17, 15) is 4.79 Å². The number of aryl methyl sites for hydroxylation is 1. The fraction of sp³-hybridized carbons (Fsp3) is 0.296. The first-order chi connectivity index (χ1) is 16.6. The van der Waals surface area contributed by atoms with Gasteiger partial charge in [0.05, 0.1) is 12.5 Å². The Bertz CT molecular complexity index is 1340. The molecule has 7 nitrogen and oxygen atoms in total. The molecule has 174 valence electrons. The van der Waals surface area contributed by atoms with Gasteiger partial charge in [0.15, 0.2) is 5.65 Å². The number of hydrogen-bond acceptors (Lipinski definition) is 5. The highest BCUT2D eigenvalue weighted by Crippen LogP contribution is 2.35. The molecule has 1 aliphatic heterocycles. The average Bonchev–Trinajstić information content (AvgIpc) is 3.14. The Morgan fingerprint density at radius 2 is 1.74 bits per heavy atom. The predicted molar refractivity (Wildman–Crippen MR) is 135 cm³/mol. The zero-order valence-corrected chi connectivity index (χ0v) is 19.8. The first-order valence-corrected chi connectivity index (χ1v) is 11.7. The first kappa shape index (κ1) is 21.9. The Balaban J connectivity index is 1.67. The number of hydrogen-bond donors (Lipinski definition) is 1. The fourth-order valence-corrected chi connectivity index (χ4v) is 4.66. The van der Waals surface area contributed by atoms with Crippen molar-refractivity contribution in [1.29, 1.82) is 0 Å². The number of carbonyl (C=O) groups excluding carboxylic acids is 1. The number of rotatable bonds is 5. The molecule has 0 spiro atoms. The Morgan fingerprint density at radius 3 is 2.47 bits per heavy atom. The number of nitrogens with one attached hydrogen (secondary N) is 1. The summed E-state index contributed by atoms with van der Waals surface area (Å²) in [6, 6.07) is 17.4. The number of piperidine rings is 1. The molecule has 0 radical (unpaired) electrons. The van der Waals surface area contributed by atoms with E-state index in [-0.39, 0.29) is 11.7 Å². The summed E-state index contributed by atoms with van der Waals surface area (Å²) in [6.07, 6.45) is 3.46. The number of para-hydroxylation sites is 1. The summed E-state index contributed by atoms with van der Waals surface area (Å²) in [4.78, 5) is 25.3. The van der Waals surface area contributed by atoms with Crippen LogP contribution in [-0.4, -0.2) is 40.6 Å². The van der Waals surface area contributed by atoms with E-state index in [1.807, 2.05) is 36.4 Å². The normalized spacial score (nSPS) is 13.8. The van der Waals surface area contributed by atoms with E-state index < -0.39 is 0 Å². The third kappa shape index (κ3) is 3.98. The average molecular weight is 456 g/mol. The molecule has 1 aliphatic rings. The van der Waals surface area contributed by atoms with Crippen molar-refractivity contribution in [2.75, 3.05) is 30.4 Å². The zero-order valence-electron chi connectivity index (χ0n) is 19.8. The third-order valence-corrected chi connectivity index (χ3v) is 6.54. The highest BCUT2D eigenvalue weighted by molar-refractivity contribution is 6.04. The van der Waals surface area contributed by atoms with Crippen molar-refractivity contribution in [3.63, 3.8) is 0 Å². The van der Waals surface area contributed by atoms with Gasteiger partial charge in [-0.3, -0.25) is 9.36 Å². The van der Waals surface area contributed by atoms with Crippen molar-refractivity contribution in [3.05, 3.63) is 71.7 Å². The Labute approximate surface area is 199 Å². The van der Waals surface area contributed by atoms with Crippen LogP contribution in [0.5, 0.6) is 5.75 Å². The smallest absolute Gasteiger partial charge is 0.293 e. The molecule has 34 heavy (non-hydrogen) atoms. The number of methoxy groups -OCH3 is 1. The van der Waals surface area contributed by atoms with Crippen molar-refractivity contribution in [3.8, 4) is 11.4 Å². The number of aromatic nitrogens is 3. The Morgan fingerprint density at radius 1 is 0.971 bits per heavy atom. The molecule has 4 aromatic rings. The Kier molecular flexibility index (Phi) is 5.92. The quantitative estimate of drug-likeness (QED) is 0.443. The van der Waals surface area contributed by atoms with Crippen LogP contribution in [0.4, 0.5) is 11.5 Å². The number of nitrogens with zero attached hydrogens (tertiary/aromatic N) is 4. The monoisotopic (exact) mass is 455 g/mol. The van der Waals surface area contributed by atoms with Crippen molar-refractivity contribution >= 4 is 28.4 Å². The van der Waals surface area contributed by atoms with Gasteiger partial charge >= 0.3 is 0 Å². The van der Waals surface area contributed by atoms with Gasteiger partial charge in [0.1, 0.15) is 11.6 Å². The van der Waals surface area contributed by atoms with Crippen molar-refractivity contribution in [1.82, 2.24) is 14.5 Å². The lowest BCUT2D eigenvalue weighted by molar-refractivity contribution is 0.101. The maximum Gasteiger partial charge on any atom is 0.293 e. The molecular weight excluding hydrogens is 426 g/mol. The lowest BCUT2D eigenvalue weighted by Crippen LogP contribution is -2.31. The van der Waals surface area contributed by atoms with E-state index in [1.165, 1.54) is 6.42 Å². The van der Waals surface area contributed by atoms with E-state index in [4.69, 9.17) is 14.7 Å². The number of fused-ring (bicyclic) bond motifs is 1. The molecule has 0 bridgehead atoms. The van der Waals surface area contributed by atoms with E-state index in [2.05, 4.69) is 40.8 Å². The van der Waals surface area contributed by atoms with Crippen LogP contribution in [0.15, 0.2) is 54.6 Å². The molecular formula is C27H29N5O2. The fourth-order valence-electron chi connectivity index (χ4n) is 4.66. The summed E-state index contributed by atoms with van der Waals surface area (Å²) in [6.45, 7) is 6.07. The number of ether oxygens (including phenoxy) is 1. The molecule has 0 atom stereocenters. The lowest BCUT2D eigenvalue weighted by atomic mass is 10.1. The molecule has 5 rings (SSSR count). The minimum absolute atomic E-state index is 0.158. The SMILES string of the molecule is COc1cccc(NC(=O)c2nc(N3CCCCC3)c3c(C)c(C)n(-c4ccccc4)c3n2)c1. The van der Waals surface area contributed by atoms with Gasteiger partial charge in [0, 0.05) is 36.2 Å². The van der Waals surface area contributed by atoms with Crippen LogP contribution in [0.25, 0.3) is 16.7 Å². The van der Waals surface area contributed by atoms with Gasteiger partial charge in [-0.1, -0.05) is 24.3 Å². The van der Waals surface area contributed by atoms with Crippen molar-refractivity contribution in [2.45, 2.75) is 33.1 Å². The molecule has 7 heteroatoms. The molecule has 2 aromatic heterocycles. The second-order valence-electron chi connectivity index (χ2n) is 8.68. The summed E-state index contributed by atoms with van der Waals surface area (Å²) >= 11 is 0. The molecule has 0 saturated carbocycles. The van der Waals surface area contributed by atoms with Gasteiger partial charge in [-0.2, -0.15) is 0 Å². The number of carbonyl (C=O) groups is 1. The molecule has 0 aliphatic carbocycles. The minimum Gasteiger partial charge on any atom is -0.497 e. The van der Waals surface area contributed by atoms with Gasteiger partial charge in [-0.25, -0.2) is 9.97 Å². The van der Waals surface area contributed by atoms with E-state index in [0.29, 0.717) is 11.4 Å². The van der Waals surface area contributed by atoms with E-state index in [0.717, 1.165) is 59.7 Å². The van der Waals surface area contributed by atoms with Gasteiger partial charge in [-0.05, 0) is 62.9 Å². The van der Waals surface area contributed by atoms with Gasteiger partial charge in [0.25, 0.3) is 5.91 Å². The third-order valence-electron chi connectivity index (χ3n) is 6.54. The lowest BCUT2D eigenvalue weighted by Gasteiger charge is -2.28. The molecule has 0 unspecified atom stereocenters. The molecule has 1 fully saturated rings. The maximum absolute atomic E-state index is 13.3. The van der Waals surface area contributed by atoms with Gasteiger partial charge in [-0.15, -0.1) is 0 Å². The summed E-state index contributed by atoms with van der Waals surface area (Å²) in [5.41, 5.74) is 4.64. The Hall–Kier alpha value is -3.87. The van der Waals surface area contributed by atoms with E-state index >= 15 is 0 Å². The molecule has 3 heterocycles. The highest BCUT2D eigenvalue weighted by atomic mass is 16.5. The van der Waals surface area contributed by atoms with Crippen LogP contribution in [0.2, 0.25) is 0 Å². The van der Waals surface area contributed by atoms with Crippen molar-refractivity contribution in [2.24, 2.45) is 0 Å². The van der Waals surface area contributed by atoms with Crippen LogP contribution in [0, 0.1) is 13.8 Å². The number of benzene rings is 2. The first-order valence-electron chi connectivity index (χ1n) is 11.7. The highest BCUT2D eigenvalue weighted by Gasteiger charge is 2.25. The zero-order chi connectivity index (χ0) is 23.7. The number of anilines is 2. The van der Waals surface area contributed by atoms with Gasteiger partial charge < -0.3 is 15.0 Å². The second-order valence-corrected chi connectivity index (χ2v) is 8.68. The molecule has 1 N–H and O–H groups in total. The predicted octanol–water partition coefficient (Wildman–Crippen LogP) is 5.29. The number of amides is 1. The summed E-state index contributed by atoms with van der Waals surface area (Å²) in [5.74, 6) is 1.33. The topological polar surface area (TPSA) is 72.3 Å². The molecule has 2 aromatic carbocycles. The summed E-state index contributed by atoms with van der Waals surface area (Å²) < 4.78 is 7.41. The molecule has 1 amide bonds. The maximum atomic E-state index is 13.3. The standard InChI is InChI=1S/C27H29N5O2/c1-18-19(2)32(21-12-6-4-7-13-21)26-23(18)25(31-15-8-5-9-16-31)29-24(30-26)27(33)28-20-11-10-14-22(17-20)34-3/h4,6-7,10-14,17H,5,8-9,15-16H2,1-3H3,(H,28,33). The van der Waals surface area contributed by atoms with Crippen molar-refractivity contribution < 1.29 is 9.53 Å². The second kappa shape index (κ2) is 9.17. The van der Waals surface area contributed by atoms with Crippen LogP contribution in [0.3, 0.4) is 0 Å². The summed E-state index contributed by atoms with van der Waals surface area (Å²) in [5, 5.41) is 3.95. The minimum atomic E-state index is -0.343. The van der Waals surface area contributed by atoms with Gasteiger partial charge in [0.2, 0.25) is 5.82 Å². The van der Waals surface area contributed by atoms with E-state index in [1.54, 1.807) is 13.2 Å². The van der Waals surface area contributed by atoms with Crippen LogP contribution in [0.1, 0.15) is 41.1 Å². The largest absolute Gasteiger partial charge is 0.497 e. The van der Waals surface area contributed by atoms with Crippen LogP contribution in [-0.2, 0) is 0 Å². The summed E-state index contributed by atoms with van der Waals surface area (Å²) in [7, 11) is 1.60. The molecule has 1 saturated heterocycles.